The first-order valence-corrected chi connectivity index (χ1v) is 8.15. The molecule has 0 spiro atoms. The van der Waals surface area contributed by atoms with E-state index in [-0.39, 0.29) is 6.29 Å². The minimum atomic E-state index is 0.00436. The van der Waals surface area contributed by atoms with Crippen molar-refractivity contribution < 1.29 is 9.47 Å². The second-order valence-corrected chi connectivity index (χ2v) is 6.06. The summed E-state index contributed by atoms with van der Waals surface area (Å²) in [5.74, 6) is 0. The van der Waals surface area contributed by atoms with Gasteiger partial charge in [0.25, 0.3) is 0 Å². The molecule has 2 aliphatic rings. The lowest BCUT2D eigenvalue weighted by Crippen LogP contribution is -2.47. The summed E-state index contributed by atoms with van der Waals surface area (Å²) in [6.45, 7) is 6.99. The third-order valence-corrected chi connectivity index (χ3v) is 4.36. The highest BCUT2D eigenvalue weighted by atomic mass is 35.5. The van der Waals surface area contributed by atoms with E-state index in [0.29, 0.717) is 0 Å². The van der Waals surface area contributed by atoms with Crippen LogP contribution >= 0.6 is 11.6 Å². The predicted molar refractivity (Wildman–Crippen MR) is 85.0 cm³/mol. The Kier molecular flexibility index (Phi) is 5.36. The number of hydrogen-bond donors (Lipinski definition) is 0. The summed E-state index contributed by atoms with van der Waals surface area (Å²) in [5, 5.41) is 0.807. The molecule has 0 bridgehead atoms. The van der Waals surface area contributed by atoms with Crippen LogP contribution in [-0.2, 0) is 9.47 Å². The third kappa shape index (κ3) is 4.33. The minimum absolute atomic E-state index is 0.00436. The lowest BCUT2D eigenvalue weighted by Gasteiger charge is -2.36. The fraction of sp³-hybridized carbons (Fsp3) is 0.625. The summed E-state index contributed by atoms with van der Waals surface area (Å²) < 4.78 is 11.2. The number of hydrogen-bond acceptors (Lipinski definition) is 4. The molecule has 0 unspecified atom stereocenters. The predicted octanol–water partition coefficient (Wildman–Crippen LogP) is 2.62. The monoisotopic (exact) mass is 310 g/mol. The molecule has 3 rings (SSSR count). The van der Waals surface area contributed by atoms with Crippen molar-refractivity contribution in [1.82, 2.24) is 4.90 Å². The molecular formula is C16H23ClN2O2. The molecule has 2 saturated heterocycles. The van der Waals surface area contributed by atoms with Gasteiger partial charge in [-0.1, -0.05) is 17.7 Å². The van der Waals surface area contributed by atoms with Crippen molar-refractivity contribution in [2.75, 3.05) is 50.8 Å². The second kappa shape index (κ2) is 7.45. The molecule has 0 aliphatic carbocycles. The van der Waals surface area contributed by atoms with Crippen LogP contribution in [0.5, 0.6) is 0 Å². The van der Waals surface area contributed by atoms with E-state index in [0.717, 1.165) is 63.8 Å². The maximum absolute atomic E-state index is 6.06. The van der Waals surface area contributed by atoms with Crippen molar-refractivity contribution >= 4 is 17.3 Å². The number of halogens is 1. The quantitative estimate of drug-likeness (QED) is 0.853. The highest BCUT2D eigenvalue weighted by Gasteiger charge is 2.20. The first-order valence-electron chi connectivity index (χ1n) is 7.77. The van der Waals surface area contributed by atoms with Gasteiger partial charge in [0.15, 0.2) is 6.29 Å². The van der Waals surface area contributed by atoms with Gasteiger partial charge in [0.2, 0.25) is 0 Å². The normalized spacial score (nSPS) is 21.7. The molecule has 5 heteroatoms. The van der Waals surface area contributed by atoms with Crippen LogP contribution in [0.2, 0.25) is 5.02 Å². The van der Waals surface area contributed by atoms with Crippen LogP contribution < -0.4 is 4.90 Å². The fourth-order valence-corrected chi connectivity index (χ4v) is 3.08. The van der Waals surface area contributed by atoms with Crippen molar-refractivity contribution in [3.05, 3.63) is 29.3 Å². The maximum Gasteiger partial charge on any atom is 0.158 e. The first-order chi connectivity index (χ1) is 10.3. The van der Waals surface area contributed by atoms with E-state index in [9.17, 15) is 0 Å². The van der Waals surface area contributed by atoms with Gasteiger partial charge in [-0.3, -0.25) is 4.90 Å². The van der Waals surface area contributed by atoms with Crippen LogP contribution in [0.15, 0.2) is 24.3 Å². The van der Waals surface area contributed by atoms with Crippen LogP contribution in [0.1, 0.15) is 12.8 Å². The molecule has 0 saturated carbocycles. The Morgan fingerprint density at radius 1 is 1.10 bits per heavy atom. The average molecular weight is 311 g/mol. The van der Waals surface area contributed by atoms with Crippen LogP contribution in [0.25, 0.3) is 0 Å². The Labute approximate surface area is 131 Å². The summed E-state index contributed by atoms with van der Waals surface area (Å²) in [4.78, 5) is 4.89. The highest BCUT2D eigenvalue weighted by molar-refractivity contribution is 6.30. The van der Waals surface area contributed by atoms with Gasteiger partial charge in [-0.2, -0.15) is 0 Å². The summed E-state index contributed by atoms with van der Waals surface area (Å²) in [7, 11) is 0. The number of nitrogens with zero attached hydrogens (tertiary/aromatic N) is 2. The number of benzene rings is 1. The van der Waals surface area contributed by atoms with E-state index >= 15 is 0 Å². The zero-order valence-corrected chi connectivity index (χ0v) is 13.1. The molecule has 0 aromatic heterocycles. The summed E-state index contributed by atoms with van der Waals surface area (Å²) in [6.07, 6.45) is 2.00. The minimum Gasteiger partial charge on any atom is -0.369 e. The van der Waals surface area contributed by atoms with E-state index in [4.69, 9.17) is 21.1 Å². The zero-order valence-electron chi connectivity index (χ0n) is 12.3. The Morgan fingerprint density at radius 2 is 1.86 bits per heavy atom. The Balaban J connectivity index is 1.42. The summed E-state index contributed by atoms with van der Waals surface area (Å²) in [6, 6.07) is 8.11. The standard InChI is InChI=1S/C16H23ClN2O2/c17-14-3-1-4-15(13-14)19-9-7-18(8-10-19)6-5-16-20-11-2-12-21-16/h1,3-4,13,16H,2,5-12H2. The summed E-state index contributed by atoms with van der Waals surface area (Å²) in [5.41, 5.74) is 1.22. The molecule has 1 aromatic rings. The molecule has 2 aliphatic heterocycles. The molecule has 0 radical (unpaired) electrons. The number of piperazine rings is 1. The van der Waals surface area contributed by atoms with E-state index in [1.807, 2.05) is 18.2 Å². The smallest absolute Gasteiger partial charge is 0.158 e. The van der Waals surface area contributed by atoms with Gasteiger partial charge >= 0.3 is 0 Å². The molecular weight excluding hydrogens is 288 g/mol. The second-order valence-electron chi connectivity index (χ2n) is 5.62. The Morgan fingerprint density at radius 3 is 2.57 bits per heavy atom. The number of ether oxygens (including phenoxy) is 2. The van der Waals surface area contributed by atoms with E-state index in [1.165, 1.54) is 5.69 Å². The largest absolute Gasteiger partial charge is 0.369 e. The van der Waals surface area contributed by atoms with Crippen LogP contribution in [0.4, 0.5) is 5.69 Å². The van der Waals surface area contributed by atoms with E-state index < -0.39 is 0 Å². The highest BCUT2D eigenvalue weighted by Crippen LogP contribution is 2.21. The number of anilines is 1. The van der Waals surface area contributed by atoms with Gasteiger partial charge < -0.3 is 14.4 Å². The maximum atomic E-state index is 6.06. The van der Waals surface area contributed by atoms with Crippen molar-refractivity contribution in [1.29, 1.82) is 0 Å². The molecule has 4 nitrogen and oxygen atoms in total. The molecule has 1 aromatic carbocycles. The van der Waals surface area contributed by atoms with Gasteiger partial charge in [-0.05, 0) is 24.6 Å². The molecule has 0 N–H and O–H groups in total. The van der Waals surface area contributed by atoms with Crippen molar-refractivity contribution in [2.24, 2.45) is 0 Å². The van der Waals surface area contributed by atoms with Crippen LogP contribution in [0, 0.1) is 0 Å². The lowest BCUT2D eigenvalue weighted by atomic mass is 10.2. The SMILES string of the molecule is Clc1cccc(N2CCN(CCC3OCCCO3)CC2)c1. The molecule has 0 atom stereocenters. The molecule has 116 valence electrons. The summed E-state index contributed by atoms with van der Waals surface area (Å²) >= 11 is 6.06. The van der Waals surface area contributed by atoms with Gasteiger partial charge in [0.1, 0.15) is 0 Å². The van der Waals surface area contributed by atoms with Crippen molar-refractivity contribution in [3.8, 4) is 0 Å². The first kappa shape index (κ1) is 15.1. The molecule has 2 fully saturated rings. The fourth-order valence-electron chi connectivity index (χ4n) is 2.89. The molecule has 0 amide bonds. The Bertz CT molecular complexity index is 444. The van der Waals surface area contributed by atoms with Crippen molar-refractivity contribution in [3.63, 3.8) is 0 Å². The topological polar surface area (TPSA) is 24.9 Å². The molecule has 21 heavy (non-hydrogen) atoms. The van der Waals surface area contributed by atoms with Gasteiger partial charge in [0, 0.05) is 49.9 Å². The van der Waals surface area contributed by atoms with Crippen molar-refractivity contribution in [2.45, 2.75) is 19.1 Å². The van der Waals surface area contributed by atoms with Gasteiger partial charge in [0.05, 0.1) is 13.2 Å². The third-order valence-electron chi connectivity index (χ3n) is 4.12. The average Bonchev–Trinajstić information content (AvgIpc) is 2.54. The zero-order chi connectivity index (χ0) is 14.5. The van der Waals surface area contributed by atoms with Crippen LogP contribution in [0.3, 0.4) is 0 Å². The van der Waals surface area contributed by atoms with E-state index in [2.05, 4.69) is 15.9 Å². The van der Waals surface area contributed by atoms with Gasteiger partial charge in [-0.15, -0.1) is 0 Å². The Hall–Kier alpha value is -0.810. The van der Waals surface area contributed by atoms with Crippen LogP contribution in [-0.4, -0.2) is 57.1 Å². The van der Waals surface area contributed by atoms with Gasteiger partial charge in [-0.25, -0.2) is 0 Å². The number of rotatable bonds is 4. The lowest BCUT2D eigenvalue weighted by molar-refractivity contribution is -0.182. The molecule has 2 heterocycles. The van der Waals surface area contributed by atoms with E-state index in [1.54, 1.807) is 0 Å².